The van der Waals surface area contributed by atoms with Gasteiger partial charge in [0.2, 0.25) is 0 Å². The Morgan fingerprint density at radius 1 is 1.62 bits per heavy atom. The minimum absolute atomic E-state index is 0. The van der Waals surface area contributed by atoms with Gasteiger partial charge in [-0.3, -0.25) is 4.21 Å². The number of thioether (sulfide) groups is 1. The van der Waals surface area contributed by atoms with Crippen LogP contribution in [0.5, 0.6) is 0 Å². The molecule has 1 atom stereocenters. The molecular formula is C4H7LiOS2. The summed E-state index contributed by atoms with van der Waals surface area (Å²) in [6.45, 7) is 0. The number of hydrogen-bond acceptors (Lipinski definition) is 2. The first-order valence-electron chi connectivity index (χ1n) is 2.22. The van der Waals surface area contributed by atoms with E-state index in [4.69, 9.17) is 0 Å². The first-order chi connectivity index (χ1) is 3.39. The Balaban J connectivity index is 0.000000490. The molecule has 1 nitrogen and oxygen atoms in total. The van der Waals surface area contributed by atoms with E-state index in [1.807, 2.05) is 5.08 Å². The molecule has 8 heavy (non-hydrogen) atoms. The van der Waals surface area contributed by atoms with Crippen LogP contribution in [0.2, 0.25) is 0 Å². The molecule has 0 aromatic heterocycles. The quantitative estimate of drug-likeness (QED) is 0.287. The van der Waals surface area contributed by atoms with Crippen molar-refractivity contribution in [2.24, 2.45) is 0 Å². The summed E-state index contributed by atoms with van der Waals surface area (Å²) in [5.41, 5.74) is 0. The van der Waals surface area contributed by atoms with E-state index in [1.54, 1.807) is 11.8 Å². The zero-order valence-corrected chi connectivity index (χ0v) is 6.56. The molecule has 0 saturated carbocycles. The normalized spacial score (nSPS) is 28.8. The molecule has 1 rings (SSSR count). The standard InChI is InChI=1S/C4H7OS2.Li/c5-7-3-1-2-6-4-7;/h4H,1-3H2;/q-1;+1. The third-order valence-electron chi connectivity index (χ3n) is 0.783. The van der Waals surface area contributed by atoms with Crippen LogP contribution in [-0.2, 0) is 10.8 Å². The van der Waals surface area contributed by atoms with Crippen LogP contribution < -0.4 is 18.9 Å². The Morgan fingerprint density at radius 3 is 2.62 bits per heavy atom. The van der Waals surface area contributed by atoms with Crippen LogP contribution in [0.3, 0.4) is 0 Å². The van der Waals surface area contributed by atoms with Gasteiger partial charge in [-0.2, -0.15) is 5.08 Å². The summed E-state index contributed by atoms with van der Waals surface area (Å²) in [5, 5.41) is 1.82. The fraction of sp³-hybridized carbons (Fsp3) is 0.750. The molecule has 1 aliphatic rings. The molecule has 0 spiro atoms. The molecule has 0 radical (unpaired) electrons. The van der Waals surface area contributed by atoms with Gasteiger partial charge in [0.15, 0.2) is 0 Å². The summed E-state index contributed by atoms with van der Waals surface area (Å²) < 4.78 is 10.5. The van der Waals surface area contributed by atoms with E-state index in [2.05, 4.69) is 0 Å². The van der Waals surface area contributed by atoms with Crippen LogP contribution in [0.15, 0.2) is 0 Å². The summed E-state index contributed by atoms with van der Waals surface area (Å²) in [6, 6.07) is 0. The van der Waals surface area contributed by atoms with E-state index in [1.165, 1.54) is 0 Å². The summed E-state index contributed by atoms with van der Waals surface area (Å²) in [5.74, 6) is 2.04. The van der Waals surface area contributed by atoms with Gasteiger partial charge in [-0.25, -0.2) is 0 Å². The summed E-state index contributed by atoms with van der Waals surface area (Å²) in [7, 11) is -0.602. The van der Waals surface area contributed by atoms with Crippen LogP contribution in [0.25, 0.3) is 0 Å². The third-order valence-corrected chi connectivity index (χ3v) is 3.40. The SMILES string of the molecule is O=S1[CH-]SCCC1.[Li+]. The molecule has 42 valence electrons. The zero-order chi connectivity index (χ0) is 5.11. The van der Waals surface area contributed by atoms with Crippen LogP contribution >= 0.6 is 11.8 Å². The summed E-state index contributed by atoms with van der Waals surface area (Å²) in [4.78, 5) is 0. The molecule has 1 unspecified atom stereocenters. The number of hydrogen-bond donors (Lipinski definition) is 0. The van der Waals surface area contributed by atoms with Gasteiger partial charge >= 0.3 is 18.9 Å². The average molecular weight is 142 g/mol. The first-order valence-corrected chi connectivity index (χ1v) is 4.65. The van der Waals surface area contributed by atoms with Crippen molar-refractivity contribution in [2.75, 3.05) is 11.5 Å². The zero-order valence-electron chi connectivity index (χ0n) is 4.92. The van der Waals surface area contributed by atoms with Gasteiger partial charge < -0.3 is 11.8 Å². The van der Waals surface area contributed by atoms with E-state index in [9.17, 15) is 4.21 Å². The van der Waals surface area contributed by atoms with Gasteiger partial charge in [-0.15, -0.1) is 10.8 Å². The Labute approximate surface area is 68.6 Å². The van der Waals surface area contributed by atoms with Crippen molar-refractivity contribution < 1.29 is 23.1 Å². The second kappa shape index (κ2) is 4.93. The van der Waals surface area contributed by atoms with Crippen LogP contribution in [0.1, 0.15) is 6.42 Å². The summed E-state index contributed by atoms with van der Waals surface area (Å²) >= 11 is 1.68. The van der Waals surface area contributed by atoms with Crippen molar-refractivity contribution in [2.45, 2.75) is 6.42 Å². The Bertz CT molecular complexity index is 78.1. The maximum Gasteiger partial charge on any atom is 1.00 e. The molecule has 0 N–H and O–H groups in total. The second-order valence-electron chi connectivity index (χ2n) is 1.41. The molecule has 0 bridgehead atoms. The minimum Gasteiger partial charge on any atom is -0.338 e. The van der Waals surface area contributed by atoms with Crippen molar-refractivity contribution in [3.8, 4) is 0 Å². The molecule has 1 heterocycles. The van der Waals surface area contributed by atoms with E-state index in [0.29, 0.717) is 0 Å². The predicted molar refractivity (Wildman–Crippen MR) is 34.4 cm³/mol. The maximum absolute atomic E-state index is 10.5. The molecule has 1 aliphatic heterocycles. The summed E-state index contributed by atoms with van der Waals surface area (Å²) in [6.07, 6.45) is 1.12. The van der Waals surface area contributed by atoms with Gasteiger partial charge in [0, 0.05) is 0 Å². The Morgan fingerprint density at radius 2 is 2.38 bits per heavy atom. The Hall–Kier alpha value is 1.10. The second-order valence-corrected chi connectivity index (χ2v) is 4.09. The molecule has 1 fully saturated rings. The van der Waals surface area contributed by atoms with Gasteiger partial charge in [0.05, 0.1) is 0 Å². The van der Waals surface area contributed by atoms with Crippen molar-refractivity contribution in [3.05, 3.63) is 5.08 Å². The smallest absolute Gasteiger partial charge is 0.338 e. The van der Waals surface area contributed by atoms with E-state index < -0.39 is 10.8 Å². The molecule has 0 aromatic rings. The van der Waals surface area contributed by atoms with Crippen molar-refractivity contribution >= 4 is 22.6 Å². The van der Waals surface area contributed by atoms with Gasteiger partial charge in [0.1, 0.15) is 0 Å². The van der Waals surface area contributed by atoms with Gasteiger partial charge in [-0.1, -0.05) is 0 Å². The fourth-order valence-corrected chi connectivity index (χ4v) is 2.76. The van der Waals surface area contributed by atoms with E-state index in [0.717, 1.165) is 17.9 Å². The molecule has 0 aliphatic carbocycles. The molecular weight excluding hydrogens is 135 g/mol. The molecule has 1 saturated heterocycles. The first kappa shape index (κ1) is 9.10. The monoisotopic (exact) mass is 142 g/mol. The molecule has 0 aromatic carbocycles. The number of rotatable bonds is 0. The third kappa shape index (κ3) is 3.19. The van der Waals surface area contributed by atoms with Crippen molar-refractivity contribution in [1.82, 2.24) is 0 Å². The van der Waals surface area contributed by atoms with E-state index >= 15 is 0 Å². The van der Waals surface area contributed by atoms with Crippen LogP contribution in [-0.4, -0.2) is 15.7 Å². The predicted octanol–water partition coefficient (Wildman–Crippen LogP) is -2.00. The average Bonchev–Trinajstić information content (AvgIpc) is 1.69. The fourth-order valence-electron chi connectivity index (χ4n) is 0.457. The van der Waals surface area contributed by atoms with Crippen LogP contribution in [0.4, 0.5) is 0 Å². The van der Waals surface area contributed by atoms with Gasteiger partial charge in [0.25, 0.3) is 0 Å². The van der Waals surface area contributed by atoms with Crippen LogP contribution in [0, 0.1) is 5.08 Å². The van der Waals surface area contributed by atoms with Gasteiger partial charge in [-0.05, 0) is 17.9 Å². The van der Waals surface area contributed by atoms with E-state index in [-0.39, 0.29) is 18.9 Å². The van der Waals surface area contributed by atoms with Crippen molar-refractivity contribution in [1.29, 1.82) is 0 Å². The Kier molecular flexibility index (Phi) is 5.60. The topological polar surface area (TPSA) is 17.1 Å². The molecule has 0 amide bonds. The minimum atomic E-state index is -0.602. The molecule has 4 heteroatoms. The largest absolute Gasteiger partial charge is 1.00 e. The maximum atomic E-state index is 10.5. The van der Waals surface area contributed by atoms with Crippen molar-refractivity contribution in [3.63, 3.8) is 0 Å².